The Morgan fingerprint density at radius 1 is 1.34 bits per heavy atom. The highest BCUT2D eigenvalue weighted by Crippen LogP contribution is 2.53. The number of aryl methyl sites for hydroxylation is 1. The van der Waals surface area contributed by atoms with E-state index in [9.17, 15) is 14.9 Å². The minimum atomic E-state index is -0.441. The lowest BCUT2D eigenvalue weighted by molar-refractivity contribution is -0.129. The number of hydrogen-bond donors (Lipinski definition) is 1. The van der Waals surface area contributed by atoms with Gasteiger partial charge in [0, 0.05) is 28.8 Å². The van der Waals surface area contributed by atoms with Gasteiger partial charge in [-0.3, -0.25) is 14.6 Å². The molecule has 1 aromatic carbocycles. The van der Waals surface area contributed by atoms with Crippen LogP contribution in [0.3, 0.4) is 0 Å². The molecule has 32 heavy (non-hydrogen) atoms. The molecule has 5 rings (SSSR count). The van der Waals surface area contributed by atoms with Crippen LogP contribution in [0.5, 0.6) is 0 Å². The molecule has 8 nitrogen and oxygen atoms in total. The topological polar surface area (TPSA) is 112 Å². The van der Waals surface area contributed by atoms with Crippen molar-refractivity contribution in [3.05, 3.63) is 59.1 Å². The molecule has 2 fully saturated rings. The fourth-order valence-corrected chi connectivity index (χ4v) is 5.30. The second-order valence-corrected chi connectivity index (χ2v) is 9.19. The Bertz CT molecular complexity index is 1260. The number of thioether (sulfide) groups is 1. The molecule has 9 heteroatoms. The van der Waals surface area contributed by atoms with Crippen molar-refractivity contribution in [2.75, 3.05) is 18.2 Å². The number of benzene rings is 1. The van der Waals surface area contributed by atoms with Gasteiger partial charge in [-0.15, -0.1) is 11.8 Å². The summed E-state index contributed by atoms with van der Waals surface area (Å²) in [5.41, 5.74) is 2.96. The molecule has 1 saturated heterocycles. The number of carbonyl (C=O) groups excluding carboxylic acids is 2. The maximum Gasteiger partial charge on any atom is 0.252 e. The first-order valence-corrected chi connectivity index (χ1v) is 11.6. The minimum Gasteiger partial charge on any atom is -0.361 e. The maximum atomic E-state index is 13.0. The molecule has 2 amide bonds. The van der Waals surface area contributed by atoms with Crippen LogP contribution in [0.15, 0.2) is 41.1 Å². The third kappa shape index (κ3) is 3.50. The van der Waals surface area contributed by atoms with Crippen LogP contribution in [-0.4, -0.2) is 51.1 Å². The van der Waals surface area contributed by atoms with E-state index in [4.69, 9.17) is 4.52 Å². The number of amides is 2. The summed E-state index contributed by atoms with van der Waals surface area (Å²) in [6, 6.07) is 11.3. The third-order valence-electron chi connectivity index (χ3n) is 6.16. The average Bonchev–Trinajstić information content (AvgIpc) is 3.26. The molecule has 2 aromatic heterocycles. The van der Waals surface area contributed by atoms with Crippen LogP contribution in [-0.2, 0) is 10.2 Å². The summed E-state index contributed by atoms with van der Waals surface area (Å²) in [4.78, 5) is 31.4. The van der Waals surface area contributed by atoms with E-state index in [1.807, 2.05) is 31.2 Å². The molecule has 1 aliphatic heterocycles. The van der Waals surface area contributed by atoms with Gasteiger partial charge in [-0.1, -0.05) is 11.2 Å². The zero-order valence-electron chi connectivity index (χ0n) is 17.5. The van der Waals surface area contributed by atoms with Gasteiger partial charge in [0.15, 0.2) is 0 Å². The SMILES string of the molecule is Cc1cc(C2(c3ccc4nccc(C(=O)NCC(=O)N5CSC[C@H]5C#N)c4c3)CC2)no1. The van der Waals surface area contributed by atoms with Crippen LogP contribution >= 0.6 is 11.8 Å². The molecule has 0 radical (unpaired) electrons. The summed E-state index contributed by atoms with van der Waals surface area (Å²) < 4.78 is 5.29. The Labute approximate surface area is 189 Å². The van der Waals surface area contributed by atoms with Crippen molar-refractivity contribution in [2.45, 2.75) is 31.2 Å². The predicted octanol–water partition coefficient (Wildman–Crippen LogP) is 2.77. The third-order valence-corrected chi connectivity index (χ3v) is 7.17. The highest BCUT2D eigenvalue weighted by Gasteiger charge is 2.48. The molecule has 2 aliphatic rings. The standard InChI is InChI=1S/C23H21N5O3S/c1-14-8-20(27-31-14)23(5-6-23)15-2-3-19-18(9-15)17(4-7-25-19)22(30)26-11-21(29)28-13-32-12-16(28)10-24/h2-4,7-9,16H,5-6,11-13H2,1H3,(H,26,30)/t16-/m1/s1. The van der Waals surface area contributed by atoms with E-state index in [-0.39, 0.29) is 23.8 Å². The van der Waals surface area contributed by atoms with Crippen LogP contribution in [0.25, 0.3) is 10.9 Å². The first-order valence-electron chi connectivity index (χ1n) is 10.4. The summed E-state index contributed by atoms with van der Waals surface area (Å²) in [7, 11) is 0. The number of nitriles is 1. The van der Waals surface area contributed by atoms with E-state index in [0.717, 1.165) is 35.2 Å². The van der Waals surface area contributed by atoms with E-state index in [2.05, 4.69) is 21.5 Å². The Hall–Kier alpha value is -3.38. The molecule has 162 valence electrons. The molecule has 3 heterocycles. The van der Waals surface area contributed by atoms with Gasteiger partial charge >= 0.3 is 0 Å². The molecule has 1 saturated carbocycles. The van der Waals surface area contributed by atoms with Crippen molar-refractivity contribution in [1.82, 2.24) is 20.4 Å². The highest BCUT2D eigenvalue weighted by molar-refractivity contribution is 7.99. The largest absolute Gasteiger partial charge is 0.361 e. The zero-order valence-corrected chi connectivity index (χ0v) is 18.3. The summed E-state index contributed by atoms with van der Waals surface area (Å²) >= 11 is 1.53. The highest BCUT2D eigenvalue weighted by atomic mass is 32.2. The van der Waals surface area contributed by atoms with E-state index >= 15 is 0 Å². The Morgan fingerprint density at radius 2 is 2.19 bits per heavy atom. The van der Waals surface area contributed by atoms with E-state index in [0.29, 0.717) is 22.7 Å². The molecule has 3 aromatic rings. The fraction of sp³-hybridized carbons (Fsp3) is 0.348. The molecule has 1 atom stereocenters. The summed E-state index contributed by atoms with van der Waals surface area (Å²) in [5.74, 6) is 1.24. The lowest BCUT2D eigenvalue weighted by Gasteiger charge is -2.19. The number of carbonyl (C=O) groups is 2. The second-order valence-electron chi connectivity index (χ2n) is 8.19. The average molecular weight is 448 g/mol. The quantitative estimate of drug-likeness (QED) is 0.640. The first kappa shape index (κ1) is 20.5. The predicted molar refractivity (Wildman–Crippen MR) is 119 cm³/mol. The minimum absolute atomic E-state index is 0.150. The molecule has 0 unspecified atom stereocenters. The molecule has 1 aliphatic carbocycles. The van der Waals surface area contributed by atoms with Crippen molar-refractivity contribution in [2.24, 2.45) is 0 Å². The van der Waals surface area contributed by atoms with Crippen molar-refractivity contribution < 1.29 is 14.1 Å². The van der Waals surface area contributed by atoms with E-state index in [1.165, 1.54) is 16.7 Å². The summed E-state index contributed by atoms with van der Waals surface area (Å²) in [5, 5.41) is 16.9. The molecular formula is C23H21N5O3S. The lowest BCUT2D eigenvalue weighted by Crippen LogP contribution is -2.42. The smallest absolute Gasteiger partial charge is 0.252 e. The number of fused-ring (bicyclic) bond motifs is 1. The number of pyridine rings is 1. The van der Waals surface area contributed by atoms with E-state index < -0.39 is 6.04 Å². The van der Waals surface area contributed by atoms with Gasteiger partial charge in [0.25, 0.3) is 5.91 Å². The van der Waals surface area contributed by atoms with Crippen molar-refractivity contribution in [3.8, 4) is 6.07 Å². The zero-order chi connectivity index (χ0) is 22.3. The molecule has 1 N–H and O–H groups in total. The second kappa shape index (κ2) is 7.95. The first-order chi connectivity index (χ1) is 15.5. The van der Waals surface area contributed by atoms with Gasteiger partial charge in [0.1, 0.15) is 11.8 Å². The molecule has 0 spiro atoms. The van der Waals surface area contributed by atoms with Crippen molar-refractivity contribution >= 4 is 34.5 Å². The fourth-order valence-electron chi connectivity index (χ4n) is 4.20. The van der Waals surface area contributed by atoms with Crippen LogP contribution in [0.1, 0.15) is 40.2 Å². The van der Waals surface area contributed by atoms with Gasteiger partial charge in [-0.05, 0) is 43.5 Å². The maximum absolute atomic E-state index is 13.0. The monoisotopic (exact) mass is 447 g/mol. The number of rotatable bonds is 5. The van der Waals surface area contributed by atoms with Crippen LogP contribution < -0.4 is 5.32 Å². The number of nitrogens with one attached hydrogen (secondary N) is 1. The molecular weight excluding hydrogens is 426 g/mol. The van der Waals surface area contributed by atoms with Crippen LogP contribution in [0.4, 0.5) is 0 Å². The number of aromatic nitrogens is 2. The summed E-state index contributed by atoms with van der Waals surface area (Å²) in [6.45, 7) is 1.73. The van der Waals surface area contributed by atoms with Gasteiger partial charge in [0.05, 0.1) is 35.3 Å². The van der Waals surface area contributed by atoms with E-state index in [1.54, 1.807) is 12.3 Å². The summed E-state index contributed by atoms with van der Waals surface area (Å²) in [6.07, 6.45) is 3.53. The van der Waals surface area contributed by atoms with Gasteiger partial charge in [-0.25, -0.2) is 0 Å². The lowest BCUT2D eigenvalue weighted by atomic mass is 9.90. The number of hydrogen-bond acceptors (Lipinski definition) is 7. The Morgan fingerprint density at radius 3 is 2.91 bits per heavy atom. The van der Waals surface area contributed by atoms with Crippen LogP contribution in [0.2, 0.25) is 0 Å². The Balaban J connectivity index is 1.39. The normalized spacial score (nSPS) is 19.0. The number of nitrogens with zero attached hydrogens (tertiary/aromatic N) is 4. The van der Waals surface area contributed by atoms with Crippen molar-refractivity contribution in [1.29, 1.82) is 5.26 Å². The van der Waals surface area contributed by atoms with Crippen LogP contribution in [0, 0.1) is 18.3 Å². The van der Waals surface area contributed by atoms with Crippen molar-refractivity contribution in [3.63, 3.8) is 0 Å². The van der Waals surface area contributed by atoms with Gasteiger partial charge in [0.2, 0.25) is 5.91 Å². The van der Waals surface area contributed by atoms with Gasteiger partial charge in [-0.2, -0.15) is 5.26 Å². The molecule has 0 bridgehead atoms. The van der Waals surface area contributed by atoms with Gasteiger partial charge < -0.3 is 14.7 Å². The Kier molecular flexibility index (Phi) is 5.10.